The van der Waals surface area contributed by atoms with Gasteiger partial charge in [-0.25, -0.2) is 15.0 Å². The molecule has 0 aliphatic carbocycles. The van der Waals surface area contributed by atoms with E-state index in [-0.39, 0.29) is 12.2 Å². The third-order valence-electron chi connectivity index (χ3n) is 2.06. The zero-order chi connectivity index (χ0) is 15.0. The van der Waals surface area contributed by atoms with Gasteiger partial charge in [0.2, 0.25) is 0 Å². The van der Waals surface area contributed by atoms with Crippen molar-refractivity contribution in [3.63, 3.8) is 0 Å². The van der Waals surface area contributed by atoms with Gasteiger partial charge >= 0.3 is 12.2 Å². The van der Waals surface area contributed by atoms with Crippen molar-refractivity contribution in [3.05, 3.63) is 0 Å². The molecule has 1 N–H and O–H groups in total. The Hall–Kier alpha value is -1.50. The van der Waals surface area contributed by atoms with Gasteiger partial charge in [-0.15, -0.1) is 5.12 Å². The van der Waals surface area contributed by atoms with Crippen molar-refractivity contribution in [3.8, 4) is 0 Å². The number of hydrogen-bond acceptors (Lipinski definition) is 5. The highest BCUT2D eigenvalue weighted by molar-refractivity contribution is 5.73. The molecule has 0 bridgehead atoms. The number of nitrogens with one attached hydrogen (secondary N) is 1. The Morgan fingerprint density at radius 3 is 1.84 bits per heavy atom. The van der Waals surface area contributed by atoms with Crippen molar-refractivity contribution in [2.75, 3.05) is 13.1 Å². The largest absolute Gasteiger partial charge is 0.446 e. The van der Waals surface area contributed by atoms with Crippen LogP contribution >= 0.6 is 0 Å². The molecule has 0 atom stereocenters. The standard InChI is InChI=1S/C12H25N3O4/c1-7-14(8-2)15(12(17)19-10(5)6)13-11(16)18-9(3)4/h9-10H,7-8H2,1-6H3,(H,13,16). The quantitative estimate of drug-likeness (QED) is 0.778. The highest BCUT2D eigenvalue weighted by Gasteiger charge is 2.24. The van der Waals surface area contributed by atoms with Gasteiger partial charge in [-0.05, 0) is 27.7 Å². The molecule has 0 radical (unpaired) electrons. The predicted octanol–water partition coefficient (Wildman–Crippen LogP) is 2.14. The van der Waals surface area contributed by atoms with Crippen LogP contribution in [0, 0.1) is 0 Å². The first-order valence-electron chi connectivity index (χ1n) is 6.54. The van der Waals surface area contributed by atoms with Crippen LogP contribution in [0.25, 0.3) is 0 Å². The minimum Gasteiger partial charge on any atom is -0.446 e. The molecule has 0 saturated heterocycles. The Kier molecular flexibility index (Phi) is 7.90. The molecular formula is C12H25N3O4. The van der Waals surface area contributed by atoms with Gasteiger partial charge in [-0.2, -0.15) is 5.01 Å². The molecule has 0 spiro atoms. The molecule has 112 valence electrons. The summed E-state index contributed by atoms with van der Waals surface area (Å²) < 4.78 is 10.0. The average molecular weight is 275 g/mol. The van der Waals surface area contributed by atoms with Crippen LogP contribution in [0.15, 0.2) is 0 Å². The molecule has 0 heterocycles. The summed E-state index contributed by atoms with van der Waals surface area (Å²) in [6.45, 7) is 11.8. The second kappa shape index (κ2) is 8.58. The average Bonchev–Trinajstić information content (AvgIpc) is 2.27. The smallest absolute Gasteiger partial charge is 0.444 e. The van der Waals surface area contributed by atoms with Gasteiger partial charge in [-0.3, -0.25) is 0 Å². The Morgan fingerprint density at radius 2 is 1.47 bits per heavy atom. The van der Waals surface area contributed by atoms with E-state index in [0.717, 1.165) is 5.12 Å². The molecule has 0 unspecified atom stereocenters. The summed E-state index contributed by atoms with van der Waals surface area (Å²) >= 11 is 0. The number of ether oxygens (including phenoxy) is 2. The maximum absolute atomic E-state index is 11.9. The van der Waals surface area contributed by atoms with E-state index in [1.54, 1.807) is 32.7 Å². The van der Waals surface area contributed by atoms with Gasteiger partial charge in [0.25, 0.3) is 0 Å². The molecule has 0 rings (SSSR count). The number of hydrazine groups is 2. The Bertz CT molecular complexity index is 291. The lowest BCUT2D eigenvalue weighted by Crippen LogP contribution is -2.56. The predicted molar refractivity (Wildman–Crippen MR) is 71.1 cm³/mol. The molecule has 0 aromatic rings. The van der Waals surface area contributed by atoms with E-state index in [1.807, 2.05) is 13.8 Å². The lowest BCUT2D eigenvalue weighted by atomic mass is 10.5. The molecule has 0 aliphatic rings. The second-order valence-electron chi connectivity index (χ2n) is 4.45. The van der Waals surface area contributed by atoms with Crippen LogP contribution in [0.1, 0.15) is 41.5 Å². The zero-order valence-corrected chi connectivity index (χ0v) is 12.6. The fraction of sp³-hybridized carbons (Fsp3) is 0.833. The number of hydrogen-bond donors (Lipinski definition) is 1. The number of rotatable bonds is 5. The molecule has 0 saturated carbocycles. The first kappa shape index (κ1) is 17.5. The van der Waals surface area contributed by atoms with Crippen LogP contribution in [-0.4, -0.2) is 47.6 Å². The van der Waals surface area contributed by atoms with Crippen LogP contribution in [0.5, 0.6) is 0 Å². The normalized spacial score (nSPS) is 10.8. The van der Waals surface area contributed by atoms with E-state index in [0.29, 0.717) is 13.1 Å². The summed E-state index contributed by atoms with van der Waals surface area (Å²) in [4.78, 5) is 23.5. The number of amides is 2. The molecule has 0 aromatic carbocycles. The van der Waals surface area contributed by atoms with E-state index in [9.17, 15) is 9.59 Å². The van der Waals surface area contributed by atoms with Crippen molar-refractivity contribution in [1.82, 2.24) is 15.6 Å². The molecule has 2 amide bonds. The molecule has 7 nitrogen and oxygen atoms in total. The molecular weight excluding hydrogens is 250 g/mol. The number of carbonyl (C=O) groups excluding carboxylic acids is 2. The van der Waals surface area contributed by atoms with Gasteiger partial charge in [0, 0.05) is 13.1 Å². The minimum atomic E-state index is -0.692. The molecule has 0 aromatic heterocycles. The number of nitrogens with zero attached hydrogens (tertiary/aromatic N) is 2. The summed E-state index contributed by atoms with van der Waals surface area (Å²) in [5, 5.41) is 2.68. The van der Waals surface area contributed by atoms with Crippen molar-refractivity contribution < 1.29 is 19.1 Å². The first-order valence-corrected chi connectivity index (χ1v) is 6.54. The van der Waals surface area contributed by atoms with E-state index in [4.69, 9.17) is 9.47 Å². The highest BCUT2D eigenvalue weighted by Crippen LogP contribution is 2.02. The topological polar surface area (TPSA) is 71.1 Å². The summed E-state index contributed by atoms with van der Waals surface area (Å²) in [6.07, 6.45) is -1.87. The third-order valence-corrected chi connectivity index (χ3v) is 2.06. The van der Waals surface area contributed by atoms with Gasteiger partial charge in [0.1, 0.15) is 0 Å². The fourth-order valence-electron chi connectivity index (χ4n) is 1.32. The molecule has 19 heavy (non-hydrogen) atoms. The third kappa shape index (κ3) is 6.85. The lowest BCUT2D eigenvalue weighted by Gasteiger charge is -2.32. The van der Waals surface area contributed by atoms with Crippen LogP contribution in [0.3, 0.4) is 0 Å². The van der Waals surface area contributed by atoms with Gasteiger partial charge < -0.3 is 9.47 Å². The Balaban J connectivity index is 4.75. The van der Waals surface area contributed by atoms with Crippen molar-refractivity contribution in [2.45, 2.75) is 53.8 Å². The van der Waals surface area contributed by atoms with E-state index in [1.165, 1.54) is 0 Å². The number of carbonyl (C=O) groups is 2. The molecule has 0 fully saturated rings. The molecule has 7 heteroatoms. The zero-order valence-electron chi connectivity index (χ0n) is 12.6. The monoisotopic (exact) mass is 275 g/mol. The van der Waals surface area contributed by atoms with Gasteiger partial charge in [0.05, 0.1) is 12.2 Å². The fourth-order valence-corrected chi connectivity index (χ4v) is 1.32. The summed E-state index contributed by atoms with van der Waals surface area (Å²) in [7, 11) is 0. The maximum Gasteiger partial charge on any atom is 0.444 e. The van der Waals surface area contributed by atoms with Crippen molar-refractivity contribution >= 4 is 12.2 Å². The first-order chi connectivity index (χ1) is 8.81. The van der Waals surface area contributed by atoms with Crippen LogP contribution in [0.4, 0.5) is 9.59 Å². The van der Waals surface area contributed by atoms with Crippen molar-refractivity contribution in [1.29, 1.82) is 0 Å². The lowest BCUT2D eigenvalue weighted by molar-refractivity contribution is -0.0584. The van der Waals surface area contributed by atoms with E-state index in [2.05, 4.69) is 5.43 Å². The Morgan fingerprint density at radius 1 is 1.00 bits per heavy atom. The van der Waals surface area contributed by atoms with E-state index < -0.39 is 12.2 Å². The summed E-state index contributed by atoms with van der Waals surface area (Å²) in [6, 6.07) is 0. The van der Waals surface area contributed by atoms with Crippen LogP contribution in [0.2, 0.25) is 0 Å². The Labute approximate surface area is 114 Å². The van der Waals surface area contributed by atoms with Gasteiger partial charge in [-0.1, -0.05) is 13.8 Å². The molecule has 0 aliphatic heterocycles. The van der Waals surface area contributed by atoms with Crippen LogP contribution < -0.4 is 5.43 Å². The van der Waals surface area contributed by atoms with Gasteiger partial charge in [0.15, 0.2) is 0 Å². The highest BCUT2D eigenvalue weighted by atomic mass is 16.6. The summed E-state index contributed by atoms with van der Waals surface area (Å²) in [5.74, 6) is 0. The van der Waals surface area contributed by atoms with Crippen LogP contribution in [-0.2, 0) is 9.47 Å². The SMILES string of the molecule is CCN(CC)N(NC(=O)OC(C)C)C(=O)OC(C)C. The summed E-state index contributed by atoms with van der Waals surface area (Å²) in [5.41, 5.74) is 2.38. The van der Waals surface area contributed by atoms with E-state index >= 15 is 0 Å². The minimum absolute atomic E-state index is 0.264. The van der Waals surface area contributed by atoms with Crippen molar-refractivity contribution in [2.24, 2.45) is 0 Å². The second-order valence-corrected chi connectivity index (χ2v) is 4.45. The maximum atomic E-state index is 11.9.